The number of halogens is 1. The highest BCUT2D eigenvalue weighted by Crippen LogP contribution is 2.27. The van der Waals surface area contributed by atoms with Crippen LogP contribution in [0.15, 0.2) is 36.4 Å². The van der Waals surface area contributed by atoms with E-state index in [2.05, 4.69) is 56.4 Å². The third-order valence-corrected chi connectivity index (χ3v) is 4.14. The lowest BCUT2D eigenvalue weighted by molar-refractivity contribution is 0.590. The fraction of sp³-hybridized carbons (Fsp3) is 0.333. The summed E-state index contributed by atoms with van der Waals surface area (Å²) in [6, 6.07) is 13.1. The molecule has 1 atom stereocenters. The van der Waals surface area contributed by atoms with E-state index in [1.54, 1.807) is 0 Å². The molecule has 0 saturated heterocycles. The van der Waals surface area contributed by atoms with E-state index in [1.165, 1.54) is 27.8 Å². The van der Waals surface area contributed by atoms with Gasteiger partial charge >= 0.3 is 0 Å². The van der Waals surface area contributed by atoms with Crippen molar-refractivity contribution in [2.45, 2.75) is 33.2 Å². The number of hydrogen-bond donors (Lipinski definition) is 1. The Morgan fingerprint density at radius 1 is 1.00 bits per heavy atom. The number of hydrogen-bond acceptors (Lipinski definition) is 1. The largest absolute Gasteiger partial charge is 0.313 e. The molecular formula is C18H22ClN. The third kappa shape index (κ3) is 3.41. The molecule has 0 aliphatic carbocycles. The molecule has 2 aromatic rings. The molecule has 0 aliphatic heterocycles. The molecule has 0 aromatic heterocycles. The number of nitrogens with one attached hydrogen (secondary N) is 1. The van der Waals surface area contributed by atoms with Crippen molar-refractivity contribution in [1.29, 1.82) is 0 Å². The van der Waals surface area contributed by atoms with E-state index >= 15 is 0 Å². The van der Waals surface area contributed by atoms with Crippen LogP contribution in [0.4, 0.5) is 0 Å². The zero-order valence-electron chi connectivity index (χ0n) is 12.6. The Kier molecular flexibility index (Phi) is 4.85. The van der Waals surface area contributed by atoms with Crippen LogP contribution in [0.3, 0.4) is 0 Å². The van der Waals surface area contributed by atoms with Gasteiger partial charge < -0.3 is 5.32 Å². The molecule has 1 unspecified atom stereocenters. The second kappa shape index (κ2) is 6.43. The minimum Gasteiger partial charge on any atom is -0.313 e. The maximum atomic E-state index is 6.40. The van der Waals surface area contributed by atoms with Gasteiger partial charge in [-0.1, -0.05) is 47.5 Å². The molecule has 0 fully saturated rings. The molecule has 0 heterocycles. The van der Waals surface area contributed by atoms with Crippen LogP contribution in [0, 0.1) is 20.8 Å². The Hall–Kier alpha value is -1.31. The number of likely N-dealkylation sites (N-methyl/N-ethyl adjacent to an activating group) is 1. The Balaban J connectivity index is 2.31. The molecule has 2 rings (SSSR count). The molecule has 0 amide bonds. The summed E-state index contributed by atoms with van der Waals surface area (Å²) in [6.07, 6.45) is 0.951. The summed E-state index contributed by atoms with van der Waals surface area (Å²) < 4.78 is 0. The highest BCUT2D eigenvalue weighted by atomic mass is 35.5. The summed E-state index contributed by atoms with van der Waals surface area (Å²) in [7, 11) is 1.99. The molecule has 20 heavy (non-hydrogen) atoms. The first kappa shape index (κ1) is 15.1. The van der Waals surface area contributed by atoms with E-state index in [0.29, 0.717) is 0 Å². The van der Waals surface area contributed by atoms with Crippen LogP contribution in [0.5, 0.6) is 0 Å². The zero-order chi connectivity index (χ0) is 14.7. The maximum absolute atomic E-state index is 6.40. The van der Waals surface area contributed by atoms with Gasteiger partial charge in [0, 0.05) is 11.1 Å². The first-order valence-electron chi connectivity index (χ1n) is 7.00. The third-order valence-electron chi connectivity index (χ3n) is 3.81. The number of benzene rings is 2. The van der Waals surface area contributed by atoms with Crippen molar-refractivity contribution in [2.24, 2.45) is 0 Å². The summed E-state index contributed by atoms with van der Waals surface area (Å²) in [5, 5.41) is 4.23. The number of rotatable bonds is 4. The quantitative estimate of drug-likeness (QED) is 0.854. The summed E-state index contributed by atoms with van der Waals surface area (Å²) in [5.41, 5.74) is 6.37. The van der Waals surface area contributed by atoms with Crippen LogP contribution >= 0.6 is 11.6 Å². The van der Waals surface area contributed by atoms with Crippen molar-refractivity contribution in [3.63, 3.8) is 0 Å². The average Bonchev–Trinajstić information content (AvgIpc) is 2.40. The Morgan fingerprint density at radius 3 is 2.30 bits per heavy atom. The maximum Gasteiger partial charge on any atom is 0.0456 e. The average molecular weight is 288 g/mol. The molecule has 0 saturated carbocycles. The van der Waals surface area contributed by atoms with Crippen molar-refractivity contribution in [3.8, 4) is 0 Å². The predicted molar refractivity (Wildman–Crippen MR) is 87.6 cm³/mol. The molecule has 0 aliphatic rings. The molecule has 106 valence electrons. The van der Waals surface area contributed by atoms with Crippen molar-refractivity contribution in [1.82, 2.24) is 5.32 Å². The SMILES string of the molecule is CNC(Cc1cc(C)ccc1C)c1ccc(C)cc1Cl. The molecule has 0 radical (unpaired) electrons. The van der Waals surface area contributed by atoms with Gasteiger partial charge in [-0.25, -0.2) is 0 Å². The van der Waals surface area contributed by atoms with Crippen LogP contribution in [0.25, 0.3) is 0 Å². The highest BCUT2D eigenvalue weighted by Gasteiger charge is 2.14. The van der Waals surface area contributed by atoms with Gasteiger partial charge in [0.15, 0.2) is 0 Å². The molecule has 2 heteroatoms. The smallest absolute Gasteiger partial charge is 0.0456 e. The topological polar surface area (TPSA) is 12.0 Å². The Morgan fingerprint density at radius 2 is 1.65 bits per heavy atom. The molecule has 1 nitrogen and oxygen atoms in total. The zero-order valence-corrected chi connectivity index (χ0v) is 13.4. The standard InChI is InChI=1S/C18H22ClN/c1-12-5-7-14(3)15(9-12)11-18(20-4)16-8-6-13(2)10-17(16)19/h5-10,18,20H,11H2,1-4H3. The van der Waals surface area contributed by atoms with E-state index in [-0.39, 0.29) is 6.04 Å². The minimum absolute atomic E-state index is 0.239. The van der Waals surface area contributed by atoms with E-state index in [0.717, 1.165) is 11.4 Å². The van der Waals surface area contributed by atoms with Crippen molar-refractivity contribution >= 4 is 11.6 Å². The normalized spacial score (nSPS) is 12.4. The first-order chi connectivity index (χ1) is 9.51. The van der Waals surface area contributed by atoms with Crippen molar-refractivity contribution < 1.29 is 0 Å². The molecule has 0 spiro atoms. The van der Waals surface area contributed by atoms with E-state index < -0.39 is 0 Å². The fourth-order valence-corrected chi connectivity index (χ4v) is 2.89. The van der Waals surface area contributed by atoms with Gasteiger partial charge in [0.2, 0.25) is 0 Å². The minimum atomic E-state index is 0.239. The van der Waals surface area contributed by atoms with Gasteiger partial charge in [-0.05, 0) is 62.6 Å². The molecule has 1 N–H and O–H groups in total. The van der Waals surface area contributed by atoms with Crippen molar-refractivity contribution in [3.05, 3.63) is 69.2 Å². The summed E-state index contributed by atoms with van der Waals surface area (Å²) in [4.78, 5) is 0. The summed E-state index contributed by atoms with van der Waals surface area (Å²) in [6.45, 7) is 6.36. The van der Waals surface area contributed by atoms with Gasteiger partial charge in [-0.3, -0.25) is 0 Å². The molecular weight excluding hydrogens is 266 g/mol. The molecule has 2 aromatic carbocycles. The second-order valence-corrected chi connectivity index (χ2v) is 5.91. The Bertz CT molecular complexity index is 604. The lowest BCUT2D eigenvalue weighted by atomic mass is 9.94. The van der Waals surface area contributed by atoms with Gasteiger partial charge in [0.1, 0.15) is 0 Å². The van der Waals surface area contributed by atoms with Crippen LogP contribution in [0.1, 0.15) is 33.9 Å². The Labute approximate surface area is 127 Å². The van der Waals surface area contributed by atoms with E-state index in [9.17, 15) is 0 Å². The summed E-state index contributed by atoms with van der Waals surface area (Å²) in [5.74, 6) is 0. The van der Waals surface area contributed by atoms with E-state index in [4.69, 9.17) is 11.6 Å². The van der Waals surface area contributed by atoms with Crippen LogP contribution in [-0.2, 0) is 6.42 Å². The summed E-state index contributed by atoms with van der Waals surface area (Å²) >= 11 is 6.40. The monoisotopic (exact) mass is 287 g/mol. The predicted octanol–water partition coefficient (Wildman–Crippen LogP) is 4.77. The lowest BCUT2D eigenvalue weighted by Crippen LogP contribution is -2.19. The van der Waals surface area contributed by atoms with E-state index in [1.807, 2.05) is 13.1 Å². The van der Waals surface area contributed by atoms with Gasteiger partial charge in [0.25, 0.3) is 0 Å². The van der Waals surface area contributed by atoms with Crippen LogP contribution in [-0.4, -0.2) is 7.05 Å². The highest BCUT2D eigenvalue weighted by molar-refractivity contribution is 6.31. The van der Waals surface area contributed by atoms with Gasteiger partial charge in [0.05, 0.1) is 0 Å². The van der Waals surface area contributed by atoms with Crippen molar-refractivity contribution in [2.75, 3.05) is 7.05 Å². The second-order valence-electron chi connectivity index (χ2n) is 5.50. The number of aryl methyl sites for hydroxylation is 3. The van der Waals surface area contributed by atoms with Crippen LogP contribution in [0.2, 0.25) is 5.02 Å². The van der Waals surface area contributed by atoms with Crippen LogP contribution < -0.4 is 5.32 Å². The lowest BCUT2D eigenvalue weighted by Gasteiger charge is -2.20. The van der Waals surface area contributed by atoms with Gasteiger partial charge in [-0.15, -0.1) is 0 Å². The van der Waals surface area contributed by atoms with Gasteiger partial charge in [-0.2, -0.15) is 0 Å². The molecule has 0 bridgehead atoms. The first-order valence-corrected chi connectivity index (χ1v) is 7.38. The fourth-order valence-electron chi connectivity index (χ4n) is 2.52.